The third-order valence-corrected chi connectivity index (χ3v) is 7.39. The summed E-state index contributed by atoms with van der Waals surface area (Å²) in [7, 11) is 1.66. The molecule has 7 nitrogen and oxygen atoms in total. The number of carbonyl (C=O) groups excluding carboxylic acids is 1. The largest absolute Gasteiger partial charge is 0.380 e. The van der Waals surface area contributed by atoms with Crippen LogP contribution in [-0.2, 0) is 21.5 Å². The molecule has 1 saturated heterocycles. The molecular formula is C33H38N4O3. The first kappa shape index (κ1) is 27.6. The Balaban J connectivity index is 1.42. The van der Waals surface area contributed by atoms with Gasteiger partial charge in [0, 0.05) is 48.1 Å². The fourth-order valence-corrected chi connectivity index (χ4v) is 5.16. The second-order valence-corrected chi connectivity index (χ2v) is 11.2. The zero-order chi connectivity index (χ0) is 28.3. The van der Waals surface area contributed by atoms with E-state index in [9.17, 15) is 4.79 Å². The van der Waals surface area contributed by atoms with Crippen LogP contribution in [0.25, 0.3) is 21.9 Å². The standard InChI is InChI=1S/C33H38N4O3/c1-22-25(13-15-31(34-22)37-16-18-40-19-17-37)27-12-14-29(28-9-7-6-8-26(27)28)35-32(38)36-30-20-24(33(2,3)4)11-10-23(30)21-39-5/h6-15,20H,16-19,21H2,1-5H3,(H2,35,36,38). The van der Waals surface area contributed by atoms with Crippen molar-refractivity contribution in [3.05, 3.63) is 83.6 Å². The van der Waals surface area contributed by atoms with Gasteiger partial charge in [0.15, 0.2) is 0 Å². The summed E-state index contributed by atoms with van der Waals surface area (Å²) in [6, 6.07) is 22.3. The van der Waals surface area contributed by atoms with Crippen molar-refractivity contribution < 1.29 is 14.3 Å². The van der Waals surface area contributed by atoms with Gasteiger partial charge in [0.05, 0.1) is 25.5 Å². The van der Waals surface area contributed by atoms with Crippen LogP contribution in [-0.4, -0.2) is 44.4 Å². The molecule has 2 N–H and O–H groups in total. The van der Waals surface area contributed by atoms with Crippen molar-refractivity contribution in [2.24, 2.45) is 0 Å². The Labute approximate surface area is 236 Å². The number of methoxy groups -OCH3 is 1. The van der Waals surface area contributed by atoms with Crippen LogP contribution in [0.4, 0.5) is 22.0 Å². The first-order valence-corrected chi connectivity index (χ1v) is 13.8. The van der Waals surface area contributed by atoms with Crippen molar-refractivity contribution in [2.45, 2.75) is 39.7 Å². The highest BCUT2D eigenvalue weighted by atomic mass is 16.5. The number of carbonyl (C=O) groups is 1. The van der Waals surface area contributed by atoms with E-state index in [2.05, 4.69) is 73.6 Å². The Bertz CT molecular complexity index is 1520. The fourth-order valence-electron chi connectivity index (χ4n) is 5.16. The molecule has 1 aliphatic rings. The van der Waals surface area contributed by atoms with Crippen molar-refractivity contribution >= 4 is 34.0 Å². The molecule has 208 valence electrons. The van der Waals surface area contributed by atoms with E-state index in [-0.39, 0.29) is 11.4 Å². The van der Waals surface area contributed by atoms with Gasteiger partial charge in [-0.3, -0.25) is 0 Å². The number of morpholine rings is 1. The zero-order valence-electron chi connectivity index (χ0n) is 24.0. The second-order valence-electron chi connectivity index (χ2n) is 11.2. The number of amides is 2. The van der Waals surface area contributed by atoms with Gasteiger partial charge in [-0.25, -0.2) is 9.78 Å². The minimum absolute atomic E-state index is 0.0437. The molecule has 0 aliphatic carbocycles. The number of fused-ring (bicyclic) bond motifs is 1. The number of nitrogens with one attached hydrogen (secondary N) is 2. The van der Waals surface area contributed by atoms with Crippen molar-refractivity contribution in [3.8, 4) is 11.1 Å². The van der Waals surface area contributed by atoms with Gasteiger partial charge in [-0.15, -0.1) is 0 Å². The Morgan fingerprint density at radius 2 is 1.62 bits per heavy atom. The molecule has 2 heterocycles. The van der Waals surface area contributed by atoms with Gasteiger partial charge in [0.25, 0.3) is 0 Å². The molecule has 0 atom stereocenters. The van der Waals surface area contributed by atoms with Gasteiger partial charge in [0.2, 0.25) is 0 Å². The van der Waals surface area contributed by atoms with E-state index in [1.54, 1.807) is 7.11 Å². The number of rotatable bonds is 6. The highest BCUT2D eigenvalue weighted by Crippen LogP contribution is 2.35. The van der Waals surface area contributed by atoms with E-state index in [1.807, 2.05) is 36.4 Å². The molecule has 7 heteroatoms. The number of nitrogens with zero attached hydrogens (tertiary/aromatic N) is 2. The van der Waals surface area contributed by atoms with Crippen molar-refractivity contribution in [1.82, 2.24) is 4.98 Å². The highest BCUT2D eigenvalue weighted by Gasteiger charge is 2.18. The lowest BCUT2D eigenvalue weighted by atomic mass is 9.86. The van der Waals surface area contributed by atoms with Crippen LogP contribution >= 0.6 is 0 Å². The lowest BCUT2D eigenvalue weighted by Crippen LogP contribution is -2.36. The number of aryl methyl sites for hydroxylation is 1. The lowest BCUT2D eigenvalue weighted by molar-refractivity contribution is 0.122. The Kier molecular flexibility index (Phi) is 8.05. The molecule has 4 aromatic rings. The molecule has 0 unspecified atom stereocenters. The van der Waals surface area contributed by atoms with Gasteiger partial charge in [-0.2, -0.15) is 0 Å². The van der Waals surface area contributed by atoms with E-state index >= 15 is 0 Å². The van der Waals surface area contributed by atoms with Crippen LogP contribution in [0.1, 0.15) is 37.6 Å². The van der Waals surface area contributed by atoms with Crippen molar-refractivity contribution in [1.29, 1.82) is 0 Å². The van der Waals surface area contributed by atoms with Gasteiger partial charge in [-0.1, -0.05) is 63.2 Å². The van der Waals surface area contributed by atoms with Crippen LogP contribution in [0.15, 0.2) is 66.7 Å². The molecule has 1 aromatic heterocycles. The van der Waals surface area contributed by atoms with Crippen molar-refractivity contribution in [3.63, 3.8) is 0 Å². The Morgan fingerprint density at radius 1 is 0.925 bits per heavy atom. The van der Waals surface area contributed by atoms with Crippen molar-refractivity contribution in [2.75, 3.05) is 48.9 Å². The van der Waals surface area contributed by atoms with Crippen LogP contribution in [0.2, 0.25) is 0 Å². The zero-order valence-corrected chi connectivity index (χ0v) is 24.0. The molecule has 1 aliphatic heterocycles. The van der Waals surface area contributed by atoms with Crippen LogP contribution < -0.4 is 15.5 Å². The molecule has 40 heavy (non-hydrogen) atoms. The molecule has 5 rings (SSSR count). The maximum atomic E-state index is 13.3. The summed E-state index contributed by atoms with van der Waals surface area (Å²) < 4.78 is 10.9. The number of anilines is 3. The number of pyridine rings is 1. The average Bonchev–Trinajstić information content (AvgIpc) is 2.94. The smallest absolute Gasteiger partial charge is 0.323 e. The maximum absolute atomic E-state index is 13.3. The first-order valence-electron chi connectivity index (χ1n) is 13.8. The molecule has 2 amide bonds. The van der Waals surface area contributed by atoms with Gasteiger partial charge < -0.3 is 25.0 Å². The van der Waals surface area contributed by atoms with Crippen LogP contribution in [0, 0.1) is 6.92 Å². The summed E-state index contributed by atoms with van der Waals surface area (Å²) in [4.78, 5) is 20.4. The first-order chi connectivity index (χ1) is 19.2. The van der Waals surface area contributed by atoms with Gasteiger partial charge in [-0.05, 0) is 53.1 Å². The highest BCUT2D eigenvalue weighted by molar-refractivity contribution is 6.10. The monoisotopic (exact) mass is 538 g/mol. The van der Waals surface area contributed by atoms with E-state index in [0.29, 0.717) is 6.61 Å². The van der Waals surface area contributed by atoms with Gasteiger partial charge >= 0.3 is 6.03 Å². The molecule has 0 spiro atoms. The molecule has 1 fully saturated rings. The number of ether oxygens (including phenoxy) is 2. The quantitative estimate of drug-likeness (QED) is 0.273. The SMILES string of the molecule is COCc1ccc(C(C)(C)C)cc1NC(=O)Nc1ccc(-c2ccc(N3CCOCC3)nc2C)c2ccccc12. The molecule has 0 radical (unpaired) electrons. The minimum Gasteiger partial charge on any atom is -0.380 e. The lowest BCUT2D eigenvalue weighted by Gasteiger charge is -2.28. The third kappa shape index (κ3) is 5.96. The normalized spacial score (nSPS) is 13.9. The molecule has 0 bridgehead atoms. The van der Waals surface area contributed by atoms with Crippen LogP contribution in [0.5, 0.6) is 0 Å². The predicted octanol–water partition coefficient (Wildman–Crippen LogP) is 7.13. The summed E-state index contributed by atoms with van der Waals surface area (Å²) in [5.74, 6) is 0.979. The number of benzene rings is 3. The number of urea groups is 1. The summed E-state index contributed by atoms with van der Waals surface area (Å²) in [5.41, 5.74) is 6.64. The van der Waals surface area contributed by atoms with Crippen LogP contribution in [0.3, 0.4) is 0 Å². The summed E-state index contributed by atoms with van der Waals surface area (Å²) >= 11 is 0. The van der Waals surface area contributed by atoms with E-state index in [4.69, 9.17) is 14.5 Å². The fraction of sp³-hybridized carbons (Fsp3) is 0.333. The second kappa shape index (κ2) is 11.7. The molecule has 0 saturated carbocycles. The topological polar surface area (TPSA) is 75.7 Å². The maximum Gasteiger partial charge on any atom is 0.323 e. The molecular weight excluding hydrogens is 500 g/mol. The predicted molar refractivity (Wildman–Crippen MR) is 163 cm³/mol. The van der Waals surface area contributed by atoms with E-state index in [1.165, 1.54) is 0 Å². The summed E-state index contributed by atoms with van der Waals surface area (Å²) in [5, 5.41) is 8.16. The summed E-state index contributed by atoms with van der Waals surface area (Å²) in [6.45, 7) is 12.1. The van der Waals surface area contributed by atoms with E-state index < -0.39 is 0 Å². The van der Waals surface area contributed by atoms with E-state index in [0.717, 1.165) is 82.2 Å². The minimum atomic E-state index is -0.297. The Morgan fingerprint density at radius 3 is 2.33 bits per heavy atom. The summed E-state index contributed by atoms with van der Waals surface area (Å²) in [6.07, 6.45) is 0. The van der Waals surface area contributed by atoms with Gasteiger partial charge in [0.1, 0.15) is 5.82 Å². The Hall–Kier alpha value is -3.94. The third-order valence-electron chi connectivity index (χ3n) is 7.39. The number of aromatic nitrogens is 1. The average molecular weight is 539 g/mol. The molecule has 3 aromatic carbocycles. The number of hydrogen-bond acceptors (Lipinski definition) is 5. The number of hydrogen-bond donors (Lipinski definition) is 2.